The number of benzene rings is 1. The molecule has 0 spiro atoms. The second-order valence-electron chi connectivity index (χ2n) is 4.60. The Kier molecular flexibility index (Phi) is 3.94. The second kappa shape index (κ2) is 5.50. The van der Waals surface area contributed by atoms with Gasteiger partial charge in [0.05, 0.1) is 19.0 Å². The molecule has 6 heteroatoms. The summed E-state index contributed by atoms with van der Waals surface area (Å²) in [5.41, 5.74) is 1.05. The van der Waals surface area contributed by atoms with E-state index >= 15 is 0 Å². The summed E-state index contributed by atoms with van der Waals surface area (Å²) >= 11 is 0. The average molecular weight is 280 g/mol. The van der Waals surface area contributed by atoms with Crippen LogP contribution in [-0.2, 0) is 6.54 Å². The van der Waals surface area contributed by atoms with Gasteiger partial charge in [-0.1, -0.05) is 6.07 Å². The Morgan fingerprint density at radius 2 is 2.00 bits per heavy atom. The van der Waals surface area contributed by atoms with E-state index in [-0.39, 0.29) is 17.7 Å². The van der Waals surface area contributed by atoms with Crippen LogP contribution in [-0.4, -0.2) is 14.7 Å². The molecule has 0 aliphatic heterocycles. The predicted molar refractivity (Wildman–Crippen MR) is 69.3 cm³/mol. The Morgan fingerprint density at radius 1 is 1.30 bits per heavy atom. The molecule has 0 bridgehead atoms. The first-order chi connectivity index (χ1) is 9.40. The monoisotopic (exact) mass is 280 g/mol. The molecule has 0 saturated carbocycles. The SMILES string of the molecule is Cc1ncn(C[C@H](O)c2ccc(F)c(F)c2)c(=O)c1C. The van der Waals surface area contributed by atoms with Crippen molar-refractivity contribution in [3.8, 4) is 0 Å². The first-order valence-electron chi connectivity index (χ1n) is 6.06. The Balaban J connectivity index is 2.28. The second-order valence-corrected chi connectivity index (χ2v) is 4.60. The number of hydrogen-bond acceptors (Lipinski definition) is 3. The fourth-order valence-corrected chi connectivity index (χ4v) is 1.82. The van der Waals surface area contributed by atoms with Gasteiger partial charge in [-0.2, -0.15) is 0 Å². The number of aromatic nitrogens is 2. The van der Waals surface area contributed by atoms with Crippen molar-refractivity contribution in [2.24, 2.45) is 0 Å². The molecular formula is C14H14F2N2O2. The number of nitrogens with zero attached hydrogens (tertiary/aromatic N) is 2. The zero-order valence-corrected chi connectivity index (χ0v) is 11.1. The molecule has 1 heterocycles. The number of hydrogen-bond donors (Lipinski definition) is 1. The minimum Gasteiger partial charge on any atom is -0.387 e. The van der Waals surface area contributed by atoms with E-state index < -0.39 is 17.7 Å². The maximum atomic E-state index is 13.1. The van der Waals surface area contributed by atoms with E-state index in [0.29, 0.717) is 11.3 Å². The molecule has 20 heavy (non-hydrogen) atoms. The summed E-state index contributed by atoms with van der Waals surface area (Å²) in [5.74, 6) is -2.02. The minimum absolute atomic E-state index is 0.0714. The van der Waals surface area contributed by atoms with Gasteiger partial charge >= 0.3 is 0 Å². The van der Waals surface area contributed by atoms with Crippen molar-refractivity contribution in [1.82, 2.24) is 9.55 Å². The van der Waals surface area contributed by atoms with E-state index in [9.17, 15) is 18.7 Å². The van der Waals surface area contributed by atoms with Crippen LogP contribution in [0.25, 0.3) is 0 Å². The van der Waals surface area contributed by atoms with Gasteiger partial charge in [0, 0.05) is 11.3 Å². The largest absolute Gasteiger partial charge is 0.387 e. The van der Waals surface area contributed by atoms with Crippen molar-refractivity contribution in [2.45, 2.75) is 26.5 Å². The Morgan fingerprint density at radius 3 is 2.65 bits per heavy atom. The Hall–Kier alpha value is -2.08. The van der Waals surface area contributed by atoms with E-state index in [1.807, 2.05) is 0 Å². The van der Waals surface area contributed by atoms with Gasteiger partial charge in [0.25, 0.3) is 5.56 Å². The normalized spacial score (nSPS) is 12.4. The standard InChI is InChI=1S/C14H14F2N2O2/c1-8-9(2)17-7-18(14(8)20)6-13(19)10-3-4-11(15)12(16)5-10/h3-5,7,13,19H,6H2,1-2H3/t13-/m0/s1. The van der Waals surface area contributed by atoms with Gasteiger partial charge in [0.2, 0.25) is 0 Å². The summed E-state index contributed by atoms with van der Waals surface area (Å²) in [7, 11) is 0. The zero-order chi connectivity index (χ0) is 14.9. The van der Waals surface area contributed by atoms with E-state index in [1.54, 1.807) is 13.8 Å². The average Bonchev–Trinajstić information content (AvgIpc) is 2.42. The number of aliphatic hydroxyl groups is 1. The third-order valence-electron chi connectivity index (χ3n) is 3.21. The quantitative estimate of drug-likeness (QED) is 0.934. The highest BCUT2D eigenvalue weighted by Crippen LogP contribution is 2.17. The maximum Gasteiger partial charge on any atom is 0.256 e. The number of halogens is 2. The molecule has 0 aliphatic rings. The third kappa shape index (κ3) is 2.75. The molecular weight excluding hydrogens is 266 g/mol. The smallest absolute Gasteiger partial charge is 0.256 e. The number of rotatable bonds is 3. The van der Waals surface area contributed by atoms with Crippen molar-refractivity contribution in [2.75, 3.05) is 0 Å². The van der Waals surface area contributed by atoms with Gasteiger partial charge in [0.15, 0.2) is 11.6 Å². The Bertz CT molecular complexity index is 698. The van der Waals surface area contributed by atoms with Gasteiger partial charge in [-0.15, -0.1) is 0 Å². The lowest BCUT2D eigenvalue weighted by Gasteiger charge is -2.14. The van der Waals surface area contributed by atoms with Crippen molar-refractivity contribution in [1.29, 1.82) is 0 Å². The molecule has 0 saturated heterocycles. The van der Waals surface area contributed by atoms with Crippen LogP contribution >= 0.6 is 0 Å². The lowest BCUT2D eigenvalue weighted by molar-refractivity contribution is 0.154. The van der Waals surface area contributed by atoms with Crippen LogP contribution in [0.5, 0.6) is 0 Å². The van der Waals surface area contributed by atoms with Gasteiger partial charge < -0.3 is 5.11 Å². The van der Waals surface area contributed by atoms with Crippen molar-refractivity contribution >= 4 is 0 Å². The van der Waals surface area contributed by atoms with Crippen LogP contribution in [0.15, 0.2) is 29.3 Å². The Labute approximate surface area is 114 Å². The first kappa shape index (κ1) is 14.3. The van der Waals surface area contributed by atoms with Crippen LogP contribution in [0.2, 0.25) is 0 Å². The summed E-state index contributed by atoms with van der Waals surface area (Å²) in [6.45, 7) is 3.29. The van der Waals surface area contributed by atoms with E-state index in [4.69, 9.17) is 0 Å². The lowest BCUT2D eigenvalue weighted by Crippen LogP contribution is -2.26. The predicted octanol–water partition coefficient (Wildman–Crippen LogP) is 1.87. The fraction of sp³-hybridized carbons (Fsp3) is 0.286. The fourth-order valence-electron chi connectivity index (χ4n) is 1.82. The number of aliphatic hydroxyl groups excluding tert-OH is 1. The summed E-state index contributed by atoms with van der Waals surface area (Å²) in [5, 5.41) is 10.00. The molecule has 0 radical (unpaired) electrons. The summed E-state index contributed by atoms with van der Waals surface area (Å²) < 4.78 is 27.2. The molecule has 1 atom stereocenters. The van der Waals surface area contributed by atoms with E-state index in [1.165, 1.54) is 17.0 Å². The topological polar surface area (TPSA) is 55.1 Å². The summed E-state index contributed by atoms with van der Waals surface area (Å²) in [6, 6.07) is 3.14. The lowest BCUT2D eigenvalue weighted by atomic mass is 10.1. The van der Waals surface area contributed by atoms with E-state index in [2.05, 4.69) is 4.98 Å². The molecule has 106 valence electrons. The first-order valence-corrected chi connectivity index (χ1v) is 6.06. The van der Waals surface area contributed by atoms with Crippen LogP contribution in [0.1, 0.15) is 22.9 Å². The molecule has 0 amide bonds. The highest BCUT2D eigenvalue weighted by atomic mass is 19.2. The van der Waals surface area contributed by atoms with Gasteiger partial charge in [-0.3, -0.25) is 9.36 Å². The van der Waals surface area contributed by atoms with Crippen molar-refractivity contribution in [3.63, 3.8) is 0 Å². The van der Waals surface area contributed by atoms with E-state index in [0.717, 1.165) is 12.1 Å². The van der Waals surface area contributed by atoms with Crippen molar-refractivity contribution in [3.05, 3.63) is 63.3 Å². The highest BCUT2D eigenvalue weighted by molar-refractivity contribution is 5.20. The van der Waals surface area contributed by atoms with Gasteiger partial charge in [-0.25, -0.2) is 13.8 Å². The highest BCUT2D eigenvalue weighted by Gasteiger charge is 2.13. The summed E-state index contributed by atoms with van der Waals surface area (Å²) in [4.78, 5) is 16.0. The van der Waals surface area contributed by atoms with Crippen LogP contribution < -0.4 is 5.56 Å². The minimum atomic E-state index is -1.12. The van der Waals surface area contributed by atoms with Gasteiger partial charge in [-0.05, 0) is 31.5 Å². The molecule has 2 rings (SSSR count). The molecule has 4 nitrogen and oxygen atoms in total. The van der Waals surface area contributed by atoms with Crippen molar-refractivity contribution < 1.29 is 13.9 Å². The molecule has 2 aromatic rings. The van der Waals surface area contributed by atoms with Crippen LogP contribution in [0.4, 0.5) is 8.78 Å². The van der Waals surface area contributed by atoms with Crippen LogP contribution in [0, 0.1) is 25.5 Å². The van der Waals surface area contributed by atoms with Gasteiger partial charge in [0.1, 0.15) is 0 Å². The number of aryl methyl sites for hydroxylation is 1. The molecule has 0 aliphatic carbocycles. The third-order valence-corrected chi connectivity index (χ3v) is 3.21. The summed E-state index contributed by atoms with van der Waals surface area (Å²) in [6.07, 6.45) is 0.208. The zero-order valence-electron chi connectivity index (χ0n) is 11.1. The maximum absolute atomic E-state index is 13.1. The molecule has 0 fully saturated rings. The molecule has 1 aromatic heterocycles. The molecule has 0 unspecified atom stereocenters. The molecule has 1 aromatic carbocycles. The molecule has 1 N–H and O–H groups in total. The van der Waals surface area contributed by atoms with Crippen LogP contribution in [0.3, 0.4) is 0 Å².